The number of ether oxygens (including phenoxy) is 3. The standard InChI is InChI=1S/C27H31N3O6/c1-18(14-21(35-4)15-19-8-6-5-7-9-19)26(32)29-22-17-36-24-11-10-20(28-25(31)12-13-34-3)16-23(24)30(2)27(22)33/h5-11,14,16,22H,1,12-13,15,17H2,2-4H3,(H,28,31)(H,29,32)/b21-14-/t22-/m0/s1. The Bertz CT molecular complexity index is 1150. The summed E-state index contributed by atoms with van der Waals surface area (Å²) in [5, 5.41) is 5.47. The third-order valence-electron chi connectivity index (χ3n) is 5.59. The fourth-order valence-electron chi connectivity index (χ4n) is 3.59. The second-order valence-electron chi connectivity index (χ2n) is 8.21. The van der Waals surface area contributed by atoms with Gasteiger partial charge in [0.2, 0.25) is 5.91 Å². The third-order valence-corrected chi connectivity index (χ3v) is 5.59. The van der Waals surface area contributed by atoms with Gasteiger partial charge in [-0.1, -0.05) is 36.9 Å². The van der Waals surface area contributed by atoms with Gasteiger partial charge in [0.25, 0.3) is 11.8 Å². The van der Waals surface area contributed by atoms with Crippen molar-refractivity contribution in [1.82, 2.24) is 5.32 Å². The van der Waals surface area contributed by atoms with Crippen LogP contribution >= 0.6 is 0 Å². The number of hydrogen-bond acceptors (Lipinski definition) is 6. The molecule has 0 radical (unpaired) electrons. The van der Waals surface area contributed by atoms with E-state index in [1.807, 2.05) is 30.3 Å². The molecule has 0 spiro atoms. The molecule has 36 heavy (non-hydrogen) atoms. The largest absolute Gasteiger partial charge is 0.501 e. The lowest BCUT2D eigenvalue weighted by Gasteiger charge is -2.21. The lowest BCUT2D eigenvalue weighted by molar-refractivity contribution is -0.125. The molecule has 0 saturated carbocycles. The number of amides is 3. The van der Waals surface area contributed by atoms with Crippen molar-refractivity contribution in [1.29, 1.82) is 0 Å². The second-order valence-corrected chi connectivity index (χ2v) is 8.21. The van der Waals surface area contributed by atoms with Crippen LogP contribution in [0.1, 0.15) is 12.0 Å². The van der Waals surface area contributed by atoms with Crippen molar-refractivity contribution in [3.63, 3.8) is 0 Å². The maximum absolute atomic E-state index is 13.1. The fourth-order valence-corrected chi connectivity index (χ4v) is 3.59. The van der Waals surface area contributed by atoms with Gasteiger partial charge in [-0.25, -0.2) is 0 Å². The third kappa shape index (κ3) is 6.96. The minimum atomic E-state index is -0.931. The Morgan fingerprint density at radius 2 is 1.94 bits per heavy atom. The van der Waals surface area contributed by atoms with Gasteiger partial charge in [0.1, 0.15) is 24.2 Å². The van der Waals surface area contributed by atoms with Crippen LogP contribution in [0.3, 0.4) is 0 Å². The highest BCUT2D eigenvalue weighted by Crippen LogP contribution is 2.33. The van der Waals surface area contributed by atoms with Gasteiger partial charge >= 0.3 is 0 Å². The molecule has 3 amide bonds. The van der Waals surface area contributed by atoms with Crippen LogP contribution in [0.5, 0.6) is 5.75 Å². The molecule has 190 valence electrons. The van der Waals surface area contributed by atoms with E-state index in [1.165, 1.54) is 19.1 Å². The maximum atomic E-state index is 13.1. The summed E-state index contributed by atoms with van der Waals surface area (Å²) in [5.41, 5.74) is 2.18. The average molecular weight is 494 g/mol. The molecule has 9 heteroatoms. The fraction of sp³-hybridized carbons (Fsp3) is 0.296. The Morgan fingerprint density at radius 3 is 2.64 bits per heavy atom. The van der Waals surface area contributed by atoms with E-state index < -0.39 is 11.9 Å². The van der Waals surface area contributed by atoms with E-state index in [0.717, 1.165) is 5.56 Å². The normalized spacial score (nSPS) is 15.3. The first-order chi connectivity index (χ1) is 17.3. The highest BCUT2D eigenvalue weighted by Gasteiger charge is 2.31. The molecule has 1 atom stereocenters. The number of carbonyl (C=O) groups excluding carboxylic acids is 3. The zero-order valence-electron chi connectivity index (χ0n) is 20.7. The van der Waals surface area contributed by atoms with Gasteiger partial charge in [0.05, 0.1) is 25.8 Å². The minimum Gasteiger partial charge on any atom is -0.501 e. The lowest BCUT2D eigenvalue weighted by atomic mass is 10.1. The van der Waals surface area contributed by atoms with Crippen LogP contribution in [0.15, 0.2) is 72.5 Å². The zero-order chi connectivity index (χ0) is 26.1. The molecular weight excluding hydrogens is 462 g/mol. The summed E-state index contributed by atoms with van der Waals surface area (Å²) in [6, 6.07) is 13.8. The van der Waals surface area contributed by atoms with Crippen molar-refractivity contribution >= 4 is 29.1 Å². The van der Waals surface area contributed by atoms with Crippen molar-refractivity contribution in [2.24, 2.45) is 0 Å². The molecule has 0 bridgehead atoms. The lowest BCUT2D eigenvalue weighted by Crippen LogP contribution is -2.49. The number of fused-ring (bicyclic) bond motifs is 1. The monoisotopic (exact) mass is 493 g/mol. The van der Waals surface area contributed by atoms with Crippen LogP contribution in [0, 0.1) is 0 Å². The predicted octanol–water partition coefficient (Wildman–Crippen LogP) is 2.83. The van der Waals surface area contributed by atoms with E-state index in [-0.39, 0.29) is 30.4 Å². The number of benzene rings is 2. The summed E-state index contributed by atoms with van der Waals surface area (Å²) < 4.78 is 16.1. The first-order valence-electron chi connectivity index (χ1n) is 11.4. The molecule has 0 unspecified atom stereocenters. The summed E-state index contributed by atoms with van der Waals surface area (Å²) in [6.07, 6.45) is 2.26. The van der Waals surface area contributed by atoms with E-state index in [1.54, 1.807) is 31.3 Å². The molecule has 0 fully saturated rings. The average Bonchev–Trinajstić information content (AvgIpc) is 2.99. The Morgan fingerprint density at radius 1 is 1.19 bits per heavy atom. The van der Waals surface area contributed by atoms with E-state index >= 15 is 0 Å². The maximum Gasteiger partial charge on any atom is 0.252 e. The first-order valence-corrected chi connectivity index (χ1v) is 11.4. The van der Waals surface area contributed by atoms with Crippen LogP contribution in [0.4, 0.5) is 11.4 Å². The summed E-state index contributed by atoms with van der Waals surface area (Å²) in [4.78, 5) is 39.4. The summed E-state index contributed by atoms with van der Waals surface area (Å²) >= 11 is 0. The minimum absolute atomic E-state index is 0.0559. The number of anilines is 2. The van der Waals surface area contributed by atoms with Gasteiger partial charge in [0, 0.05) is 31.8 Å². The smallest absolute Gasteiger partial charge is 0.252 e. The number of carbonyl (C=O) groups is 3. The Hall–Kier alpha value is -4.11. The number of nitrogens with one attached hydrogen (secondary N) is 2. The molecule has 3 rings (SSSR count). The highest BCUT2D eigenvalue weighted by molar-refractivity contribution is 6.04. The van der Waals surface area contributed by atoms with E-state index in [4.69, 9.17) is 14.2 Å². The number of rotatable bonds is 10. The zero-order valence-corrected chi connectivity index (χ0v) is 20.7. The van der Waals surface area contributed by atoms with Gasteiger partial charge in [-0.2, -0.15) is 0 Å². The molecule has 0 aliphatic carbocycles. The second kappa shape index (κ2) is 12.6. The Balaban J connectivity index is 1.66. The van der Waals surface area contributed by atoms with Crippen LogP contribution in [0.2, 0.25) is 0 Å². The van der Waals surface area contributed by atoms with Gasteiger partial charge in [-0.15, -0.1) is 0 Å². The Kier molecular flexibility index (Phi) is 9.24. The van der Waals surface area contributed by atoms with Gasteiger partial charge in [-0.05, 0) is 29.8 Å². The molecule has 1 heterocycles. The highest BCUT2D eigenvalue weighted by atomic mass is 16.5. The molecule has 9 nitrogen and oxygen atoms in total. The van der Waals surface area contributed by atoms with Gasteiger partial charge in [-0.3, -0.25) is 14.4 Å². The molecular formula is C27H31N3O6. The number of likely N-dealkylation sites (N-methyl/N-ethyl adjacent to an activating group) is 1. The van der Waals surface area contributed by atoms with E-state index in [0.29, 0.717) is 35.9 Å². The van der Waals surface area contributed by atoms with Crippen molar-refractivity contribution in [2.45, 2.75) is 18.9 Å². The number of allylic oxidation sites excluding steroid dienone is 1. The predicted molar refractivity (Wildman–Crippen MR) is 137 cm³/mol. The molecule has 1 aliphatic heterocycles. The molecule has 2 aromatic carbocycles. The number of methoxy groups -OCH3 is 2. The summed E-state index contributed by atoms with van der Waals surface area (Å²) in [6.45, 7) is 4.08. The molecule has 0 saturated heterocycles. The quantitative estimate of drug-likeness (QED) is 0.300. The van der Waals surface area contributed by atoms with Crippen molar-refractivity contribution in [2.75, 3.05) is 44.7 Å². The van der Waals surface area contributed by atoms with Gasteiger partial charge < -0.3 is 29.7 Å². The van der Waals surface area contributed by atoms with E-state index in [2.05, 4.69) is 17.2 Å². The van der Waals surface area contributed by atoms with Crippen LogP contribution < -0.4 is 20.3 Å². The molecule has 2 aromatic rings. The molecule has 2 N–H and O–H groups in total. The van der Waals surface area contributed by atoms with Crippen molar-refractivity contribution < 1.29 is 28.6 Å². The molecule has 1 aliphatic rings. The van der Waals surface area contributed by atoms with Crippen molar-refractivity contribution in [3.8, 4) is 5.75 Å². The van der Waals surface area contributed by atoms with Crippen LogP contribution in [0.25, 0.3) is 0 Å². The Labute approximate surface area is 210 Å². The topological polar surface area (TPSA) is 106 Å². The number of nitrogens with zero attached hydrogens (tertiary/aromatic N) is 1. The number of hydrogen-bond donors (Lipinski definition) is 2. The van der Waals surface area contributed by atoms with Crippen LogP contribution in [-0.4, -0.2) is 58.2 Å². The first kappa shape index (κ1) is 26.5. The van der Waals surface area contributed by atoms with Crippen molar-refractivity contribution in [3.05, 3.63) is 78.1 Å². The van der Waals surface area contributed by atoms with Gasteiger partial charge in [0.15, 0.2) is 0 Å². The van der Waals surface area contributed by atoms with Crippen LogP contribution in [-0.2, 0) is 30.3 Å². The summed E-state index contributed by atoms with van der Waals surface area (Å²) in [7, 11) is 4.64. The van der Waals surface area contributed by atoms with E-state index in [9.17, 15) is 14.4 Å². The molecule has 0 aromatic heterocycles. The SMILES string of the molecule is C=C(/C=C(/Cc1ccccc1)OC)C(=O)N[C@H]1COc2ccc(NC(=O)CCOC)cc2N(C)C1=O. The summed E-state index contributed by atoms with van der Waals surface area (Å²) in [5.74, 6) is -0.0575.